The molecule has 0 unspecified atom stereocenters. The third-order valence-corrected chi connectivity index (χ3v) is 2.58. The van der Waals surface area contributed by atoms with Gasteiger partial charge in [0.2, 0.25) is 0 Å². The van der Waals surface area contributed by atoms with Gasteiger partial charge in [-0.15, -0.1) is 11.3 Å². The second-order valence-electron chi connectivity index (χ2n) is 2.67. The summed E-state index contributed by atoms with van der Waals surface area (Å²) in [5.41, 5.74) is 5.42. The van der Waals surface area contributed by atoms with E-state index in [1.807, 2.05) is 12.1 Å². The number of hydrogen-bond donors (Lipinski definition) is 1. The maximum atomic E-state index is 11.4. The van der Waals surface area contributed by atoms with Gasteiger partial charge in [-0.2, -0.15) is 0 Å². The molecule has 1 rings (SSSR count). The van der Waals surface area contributed by atoms with Crippen molar-refractivity contribution in [2.75, 3.05) is 14.1 Å². The van der Waals surface area contributed by atoms with Crippen LogP contribution in [-0.4, -0.2) is 24.9 Å². The molecule has 1 heterocycles. The van der Waals surface area contributed by atoms with Crippen molar-refractivity contribution in [1.29, 1.82) is 0 Å². The fraction of sp³-hybridized carbons (Fsp3) is 0.375. The van der Waals surface area contributed by atoms with Gasteiger partial charge in [-0.25, -0.2) is 0 Å². The number of amides is 1. The maximum absolute atomic E-state index is 11.4. The molecule has 0 aliphatic rings. The lowest BCUT2D eigenvalue weighted by Crippen LogP contribution is -2.20. The summed E-state index contributed by atoms with van der Waals surface area (Å²) in [7, 11) is 3.48. The molecule has 1 aromatic heterocycles. The van der Waals surface area contributed by atoms with E-state index >= 15 is 0 Å². The molecule has 0 aliphatic heterocycles. The molecule has 2 N–H and O–H groups in total. The van der Waals surface area contributed by atoms with E-state index in [1.165, 1.54) is 11.3 Å². The van der Waals surface area contributed by atoms with E-state index in [9.17, 15) is 4.79 Å². The highest BCUT2D eigenvalue weighted by Gasteiger charge is 2.09. The van der Waals surface area contributed by atoms with Crippen molar-refractivity contribution in [3.05, 3.63) is 21.9 Å². The van der Waals surface area contributed by atoms with Gasteiger partial charge in [0, 0.05) is 25.5 Å². The summed E-state index contributed by atoms with van der Waals surface area (Å²) in [6.07, 6.45) is 0. The topological polar surface area (TPSA) is 46.3 Å². The second kappa shape index (κ2) is 3.69. The molecule has 0 spiro atoms. The smallest absolute Gasteiger partial charge is 0.263 e. The summed E-state index contributed by atoms with van der Waals surface area (Å²) >= 11 is 1.45. The number of carbonyl (C=O) groups excluding carboxylic acids is 1. The predicted molar refractivity (Wildman–Crippen MR) is 50.2 cm³/mol. The highest BCUT2D eigenvalue weighted by molar-refractivity contribution is 7.14. The number of thiophene rings is 1. The predicted octanol–water partition coefficient (Wildman–Crippen LogP) is 0.909. The SMILES string of the molecule is CN(C)C(=O)c1ccc(CN)s1. The van der Waals surface area contributed by atoms with Crippen LogP contribution in [-0.2, 0) is 6.54 Å². The van der Waals surface area contributed by atoms with E-state index in [1.54, 1.807) is 19.0 Å². The molecule has 0 atom stereocenters. The van der Waals surface area contributed by atoms with Gasteiger partial charge < -0.3 is 10.6 Å². The maximum Gasteiger partial charge on any atom is 0.263 e. The van der Waals surface area contributed by atoms with E-state index in [4.69, 9.17) is 5.73 Å². The van der Waals surface area contributed by atoms with Crippen molar-refractivity contribution in [2.24, 2.45) is 5.73 Å². The van der Waals surface area contributed by atoms with Crippen molar-refractivity contribution < 1.29 is 4.79 Å². The lowest BCUT2D eigenvalue weighted by molar-refractivity contribution is 0.0832. The Labute approximate surface area is 75.8 Å². The molecule has 0 fully saturated rings. The lowest BCUT2D eigenvalue weighted by atomic mass is 10.4. The van der Waals surface area contributed by atoms with E-state index < -0.39 is 0 Å². The van der Waals surface area contributed by atoms with Gasteiger partial charge >= 0.3 is 0 Å². The van der Waals surface area contributed by atoms with Crippen LogP contribution in [0.4, 0.5) is 0 Å². The third-order valence-electron chi connectivity index (χ3n) is 1.48. The Balaban J connectivity index is 2.82. The van der Waals surface area contributed by atoms with Crippen LogP contribution in [0.1, 0.15) is 14.5 Å². The first-order valence-electron chi connectivity index (χ1n) is 3.65. The molecule has 0 saturated heterocycles. The van der Waals surface area contributed by atoms with Gasteiger partial charge in [-0.3, -0.25) is 4.79 Å². The average Bonchev–Trinajstić information content (AvgIpc) is 2.50. The Morgan fingerprint density at radius 2 is 2.25 bits per heavy atom. The number of carbonyl (C=O) groups is 1. The van der Waals surface area contributed by atoms with Gasteiger partial charge in [0.1, 0.15) is 0 Å². The van der Waals surface area contributed by atoms with Gasteiger partial charge in [0.25, 0.3) is 5.91 Å². The molecule has 1 aromatic rings. The molecule has 4 heteroatoms. The lowest BCUT2D eigenvalue weighted by Gasteiger charge is -2.06. The quantitative estimate of drug-likeness (QED) is 0.742. The van der Waals surface area contributed by atoms with Gasteiger partial charge in [0.05, 0.1) is 4.88 Å². The van der Waals surface area contributed by atoms with Gasteiger partial charge in [0.15, 0.2) is 0 Å². The number of hydrogen-bond acceptors (Lipinski definition) is 3. The molecule has 0 saturated carbocycles. The molecule has 0 radical (unpaired) electrons. The Kier molecular flexibility index (Phi) is 2.83. The van der Waals surface area contributed by atoms with E-state index in [2.05, 4.69) is 0 Å². The minimum atomic E-state index is 0.0414. The van der Waals surface area contributed by atoms with E-state index in [0.717, 1.165) is 9.75 Å². The Hall–Kier alpha value is -0.870. The fourth-order valence-corrected chi connectivity index (χ4v) is 1.73. The number of nitrogens with two attached hydrogens (primary N) is 1. The summed E-state index contributed by atoms with van der Waals surface area (Å²) in [6.45, 7) is 0.505. The highest BCUT2D eigenvalue weighted by Crippen LogP contribution is 2.16. The van der Waals surface area contributed by atoms with Crippen molar-refractivity contribution >= 4 is 17.2 Å². The van der Waals surface area contributed by atoms with Gasteiger partial charge in [-0.1, -0.05) is 0 Å². The second-order valence-corrected chi connectivity index (χ2v) is 3.84. The zero-order valence-corrected chi connectivity index (χ0v) is 8.02. The number of rotatable bonds is 2. The minimum Gasteiger partial charge on any atom is -0.344 e. The summed E-state index contributed by atoms with van der Waals surface area (Å²) in [5.74, 6) is 0.0414. The third kappa shape index (κ3) is 1.84. The van der Waals surface area contributed by atoms with Crippen LogP contribution in [0.25, 0.3) is 0 Å². The van der Waals surface area contributed by atoms with E-state index in [-0.39, 0.29) is 5.91 Å². The van der Waals surface area contributed by atoms with Crippen molar-refractivity contribution in [1.82, 2.24) is 4.90 Å². The van der Waals surface area contributed by atoms with Crippen molar-refractivity contribution in [2.45, 2.75) is 6.54 Å². The molecular formula is C8H12N2OS. The molecule has 0 aromatic carbocycles. The summed E-state index contributed by atoms with van der Waals surface area (Å²) in [6, 6.07) is 3.70. The molecule has 0 aliphatic carbocycles. The summed E-state index contributed by atoms with van der Waals surface area (Å²) in [5, 5.41) is 0. The molecule has 1 amide bonds. The van der Waals surface area contributed by atoms with Crippen molar-refractivity contribution in [3.8, 4) is 0 Å². The normalized spacial score (nSPS) is 9.92. The molecule has 3 nitrogen and oxygen atoms in total. The Morgan fingerprint density at radius 1 is 1.58 bits per heavy atom. The van der Waals surface area contributed by atoms with Crippen LogP contribution in [0.3, 0.4) is 0 Å². The molecule has 12 heavy (non-hydrogen) atoms. The summed E-state index contributed by atoms with van der Waals surface area (Å²) < 4.78 is 0. The van der Waals surface area contributed by atoms with E-state index in [0.29, 0.717) is 6.54 Å². The van der Waals surface area contributed by atoms with Crippen LogP contribution in [0, 0.1) is 0 Å². The standard InChI is InChI=1S/C8H12N2OS/c1-10(2)8(11)7-4-3-6(5-9)12-7/h3-4H,5,9H2,1-2H3. The van der Waals surface area contributed by atoms with Crippen LogP contribution in [0.2, 0.25) is 0 Å². The highest BCUT2D eigenvalue weighted by atomic mass is 32.1. The first kappa shape index (κ1) is 9.22. The zero-order valence-electron chi connectivity index (χ0n) is 7.20. The fourth-order valence-electron chi connectivity index (χ4n) is 0.823. The number of nitrogens with zero attached hydrogens (tertiary/aromatic N) is 1. The first-order chi connectivity index (χ1) is 5.65. The van der Waals surface area contributed by atoms with Crippen LogP contribution < -0.4 is 5.73 Å². The summed E-state index contributed by atoms with van der Waals surface area (Å²) in [4.78, 5) is 14.7. The van der Waals surface area contributed by atoms with Crippen molar-refractivity contribution in [3.63, 3.8) is 0 Å². The average molecular weight is 184 g/mol. The van der Waals surface area contributed by atoms with Crippen LogP contribution >= 0.6 is 11.3 Å². The first-order valence-corrected chi connectivity index (χ1v) is 4.47. The van der Waals surface area contributed by atoms with Crippen LogP contribution in [0.15, 0.2) is 12.1 Å². The minimum absolute atomic E-state index is 0.0414. The molecule has 0 bridgehead atoms. The molecular weight excluding hydrogens is 172 g/mol. The molecule has 66 valence electrons. The largest absolute Gasteiger partial charge is 0.344 e. The zero-order chi connectivity index (χ0) is 9.14. The van der Waals surface area contributed by atoms with Crippen LogP contribution in [0.5, 0.6) is 0 Å². The Bertz CT molecular complexity index is 280. The Morgan fingerprint density at radius 3 is 2.67 bits per heavy atom. The van der Waals surface area contributed by atoms with Gasteiger partial charge in [-0.05, 0) is 12.1 Å². The monoisotopic (exact) mass is 184 g/mol.